The summed E-state index contributed by atoms with van der Waals surface area (Å²) in [5.74, 6) is 1.16. The van der Waals surface area contributed by atoms with Gasteiger partial charge in [0.05, 0.1) is 0 Å². The lowest BCUT2D eigenvalue weighted by Gasteiger charge is -2.34. The summed E-state index contributed by atoms with van der Waals surface area (Å²) in [7, 11) is 2.15. The van der Waals surface area contributed by atoms with Crippen molar-refractivity contribution in [3.63, 3.8) is 0 Å². The van der Waals surface area contributed by atoms with Crippen molar-refractivity contribution in [3.8, 4) is 0 Å². The predicted molar refractivity (Wildman–Crippen MR) is 105 cm³/mol. The van der Waals surface area contributed by atoms with E-state index in [2.05, 4.69) is 45.0 Å². The first-order chi connectivity index (χ1) is 12.6. The second kappa shape index (κ2) is 9.33. The van der Waals surface area contributed by atoms with E-state index in [1.54, 1.807) is 0 Å². The molecule has 6 nitrogen and oxygen atoms in total. The number of pyridine rings is 1. The molecular formula is C20H33N5O. The Morgan fingerprint density at radius 1 is 1.19 bits per heavy atom. The van der Waals surface area contributed by atoms with Crippen molar-refractivity contribution in [1.82, 2.24) is 20.1 Å². The summed E-state index contributed by atoms with van der Waals surface area (Å²) in [5.41, 5.74) is 1.11. The minimum Gasteiger partial charge on any atom is -0.354 e. The van der Waals surface area contributed by atoms with Crippen LogP contribution in [0.2, 0.25) is 0 Å². The molecule has 1 aromatic rings. The quantitative estimate of drug-likeness (QED) is 0.803. The van der Waals surface area contributed by atoms with Crippen LogP contribution in [0, 0.1) is 0 Å². The second-order valence-corrected chi connectivity index (χ2v) is 7.68. The van der Waals surface area contributed by atoms with Crippen LogP contribution < -0.4 is 10.2 Å². The zero-order chi connectivity index (χ0) is 18.4. The van der Waals surface area contributed by atoms with E-state index < -0.39 is 0 Å². The third kappa shape index (κ3) is 5.17. The summed E-state index contributed by atoms with van der Waals surface area (Å²) in [5, 5.41) is 3.10. The maximum atomic E-state index is 12.3. The van der Waals surface area contributed by atoms with Gasteiger partial charge in [0.15, 0.2) is 0 Å². The topological polar surface area (TPSA) is 51.7 Å². The van der Waals surface area contributed by atoms with E-state index in [-0.39, 0.29) is 5.91 Å². The lowest BCUT2D eigenvalue weighted by atomic mass is 10.1. The lowest BCUT2D eigenvalue weighted by Crippen LogP contribution is -2.45. The molecule has 144 valence electrons. The number of carbonyl (C=O) groups is 1. The highest BCUT2D eigenvalue weighted by Crippen LogP contribution is 2.19. The molecule has 26 heavy (non-hydrogen) atoms. The number of piperazine rings is 1. The van der Waals surface area contributed by atoms with E-state index in [1.165, 1.54) is 25.9 Å². The number of aromatic nitrogens is 1. The normalized spacial score (nSPS) is 20.3. The van der Waals surface area contributed by atoms with E-state index >= 15 is 0 Å². The highest BCUT2D eigenvalue weighted by Gasteiger charge is 2.20. The molecule has 0 aliphatic carbocycles. The maximum absolute atomic E-state index is 12.3. The van der Waals surface area contributed by atoms with Gasteiger partial charge in [0.25, 0.3) is 0 Å². The van der Waals surface area contributed by atoms with Gasteiger partial charge in [-0.25, -0.2) is 4.98 Å². The molecule has 1 amide bonds. The van der Waals surface area contributed by atoms with Gasteiger partial charge in [0.2, 0.25) is 5.91 Å². The first-order valence-electron chi connectivity index (χ1n) is 10.0. The zero-order valence-corrected chi connectivity index (χ0v) is 16.3. The Morgan fingerprint density at radius 2 is 1.92 bits per heavy atom. The molecule has 0 spiro atoms. The Balaban J connectivity index is 1.47. The number of likely N-dealkylation sites (tertiary alicyclic amines) is 1. The highest BCUT2D eigenvalue weighted by molar-refractivity contribution is 5.76. The number of amides is 1. The number of carbonyl (C=O) groups excluding carboxylic acids is 1. The van der Waals surface area contributed by atoms with E-state index in [0.717, 1.165) is 44.0 Å². The van der Waals surface area contributed by atoms with Crippen LogP contribution in [0.25, 0.3) is 0 Å². The Bertz CT molecular complexity index is 579. The summed E-state index contributed by atoms with van der Waals surface area (Å²) in [6.45, 7) is 9.26. The number of anilines is 1. The molecule has 1 N–H and O–H groups in total. The number of nitrogens with one attached hydrogen (secondary N) is 1. The standard InChI is InChI=1S/C20H33N5O/c1-17(24-10-3-4-11-24)7-8-19(26)22-16-18-6-5-9-21-20(18)25-14-12-23(2)13-15-25/h5-6,9,17H,3-4,7-8,10-16H2,1-2H3,(H,22,26). The van der Waals surface area contributed by atoms with E-state index in [0.29, 0.717) is 19.0 Å². The van der Waals surface area contributed by atoms with Crippen LogP contribution in [-0.2, 0) is 11.3 Å². The fourth-order valence-corrected chi connectivity index (χ4v) is 3.86. The van der Waals surface area contributed by atoms with Crippen molar-refractivity contribution in [3.05, 3.63) is 23.9 Å². The Kier molecular flexibility index (Phi) is 6.86. The highest BCUT2D eigenvalue weighted by atomic mass is 16.1. The SMILES string of the molecule is CC(CCC(=O)NCc1cccnc1N1CCN(C)CC1)N1CCCC1. The molecule has 0 bridgehead atoms. The molecule has 2 saturated heterocycles. The van der Waals surface area contributed by atoms with Gasteiger partial charge in [-0.15, -0.1) is 0 Å². The fraction of sp³-hybridized carbons (Fsp3) is 0.700. The average molecular weight is 360 g/mol. The van der Waals surface area contributed by atoms with Crippen molar-refractivity contribution in [2.75, 3.05) is 51.2 Å². The molecule has 2 aliphatic rings. The van der Waals surface area contributed by atoms with Gasteiger partial charge < -0.3 is 20.0 Å². The van der Waals surface area contributed by atoms with Crippen molar-refractivity contribution < 1.29 is 4.79 Å². The van der Waals surface area contributed by atoms with Crippen LogP contribution in [0.5, 0.6) is 0 Å². The summed E-state index contributed by atoms with van der Waals surface area (Å²) >= 11 is 0. The minimum atomic E-state index is 0.143. The molecule has 6 heteroatoms. The summed E-state index contributed by atoms with van der Waals surface area (Å²) in [6.07, 6.45) is 5.97. The van der Waals surface area contributed by atoms with Gasteiger partial charge in [-0.1, -0.05) is 6.07 Å². The molecular weight excluding hydrogens is 326 g/mol. The fourth-order valence-electron chi connectivity index (χ4n) is 3.86. The summed E-state index contributed by atoms with van der Waals surface area (Å²) in [4.78, 5) is 24.0. The molecule has 1 atom stereocenters. The second-order valence-electron chi connectivity index (χ2n) is 7.68. The van der Waals surface area contributed by atoms with Gasteiger partial charge in [-0.3, -0.25) is 4.79 Å². The molecule has 2 fully saturated rings. The molecule has 0 radical (unpaired) electrons. The average Bonchev–Trinajstić information content (AvgIpc) is 3.20. The van der Waals surface area contributed by atoms with Crippen LogP contribution >= 0.6 is 0 Å². The summed E-state index contributed by atoms with van der Waals surface area (Å²) < 4.78 is 0. The van der Waals surface area contributed by atoms with Crippen molar-refractivity contribution in [2.24, 2.45) is 0 Å². The first-order valence-corrected chi connectivity index (χ1v) is 10.0. The smallest absolute Gasteiger partial charge is 0.220 e. The monoisotopic (exact) mass is 359 g/mol. The summed E-state index contributed by atoms with van der Waals surface area (Å²) in [6, 6.07) is 4.53. The number of hydrogen-bond donors (Lipinski definition) is 1. The Hall–Kier alpha value is -1.66. The third-order valence-electron chi connectivity index (χ3n) is 5.70. The van der Waals surface area contributed by atoms with E-state index in [9.17, 15) is 4.79 Å². The number of likely N-dealkylation sites (N-methyl/N-ethyl adjacent to an activating group) is 1. The molecule has 0 saturated carbocycles. The minimum absolute atomic E-state index is 0.143. The van der Waals surface area contributed by atoms with E-state index in [1.807, 2.05) is 12.3 Å². The largest absolute Gasteiger partial charge is 0.354 e. The van der Waals surface area contributed by atoms with Crippen molar-refractivity contribution in [2.45, 2.75) is 45.2 Å². The van der Waals surface area contributed by atoms with Crippen molar-refractivity contribution in [1.29, 1.82) is 0 Å². The molecule has 2 aliphatic heterocycles. The van der Waals surface area contributed by atoms with Crippen LogP contribution in [0.1, 0.15) is 38.2 Å². The van der Waals surface area contributed by atoms with Gasteiger partial charge >= 0.3 is 0 Å². The lowest BCUT2D eigenvalue weighted by molar-refractivity contribution is -0.121. The first kappa shape index (κ1) is 19.1. The number of hydrogen-bond acceptors (Lipinski definition) is 5. The van der Waals surface area contributed by atoms with Crippen LogP contribution in [-0.4, -0.2) is 73.0 Å². The van der Waals surface area contributed by atoms with Crippen LogP contribution in [0.3, 0.4) is 0 Å². The van der Waals surface area contributed by atoms with Crippen LogP contribution in [0.4, 0.5) is 5.82 Å². The Labute approximate surface area is 157 Å². The number of nitrogens with zero attached hydrogens (tertiary/aromatic N) is 4. The predicted octanol–water partition coefficient (Wildman–Crippen LogP) is 1.71. The van der Waals surface area contributed by atoms with Gasteiger partial charge in [0, 0.05) is 56.9 Å². The van der Waals surface area contributed by atoms with Gasteiger partial charge in [0.1, 0.15) is 5.82 Å². The zero-order valence-electron chi connectivity index (χ0n) is 16.3. The third-order valence-corrected chi connectivity index (χ3v) is 5.70. The molecule has 1 unspecified atom stereocenters. The molecule has 3 rings (SSSR count). The van der Waals surface area contributed by atoms with Gasteiger partial charge in [-0.05, 0) is 52.4 Å². The van der Waals surface area contributed by atoms with Crippen molar-refractivity contribution >= 4 is 11.7 Å². The number of rotatable bonds is 7. The maximum Gasteiger partial charge on any atom is 0.220 e. The van der Waals surface area contributed by atoms with Crippen LogP contribution in [0.15, 0.2) is 18.3 Å². The molecule has 3 heterocycles. The van der Waals surface area contributed by atoms with Gasteiger partial charge in [-0.2, -0.15) is 0 Å². The van der Waals surface area contributed by atoms with E-state index in [4.69, 9.17) is 0 Å². The Morgan fingerprint density at radius 3 is 2.65 bits per heavy atom. The molecule has 1 aromatic heterocycles. The molecule has 0 aromatic carbocycles.